The van der Waals surface area contributed by atoms with Gasteiger partial charge in [-0.25, -0.2) is 17.6 Å². The second-order valence-electron chi connectivity index (χ2n) is 7.69. The highest BCUT2D eigenvalue weighted by Crippen LogP contribution is 2.27. The highest BCUT2D eigenvalue weighted by molar-refractivity contribution is 9.10. The number of nitrogens with zero attached hydrogens (tertiary/aromatic N) is 2. The molecule has 0 saturated heterocycles. The number of rotatable bonds is 8. The molecular weight excluding hydrogens is 611 g/mol. The normalized spacial score (nSPS) is 12.2. The Morgan fingerprint density at radius 3 is 2.68 bits per heavy atom. The summed E-state index contributed by atoms with van der Waals surface area (Å²) in [5.41, 5.74) is 0.935. The highest BCUT2D eigenvalue weighted by Gasteiger charge is 2.26. The first-order valence-corrected chi connectivity index (χ1v) is 13.8. The lowest BCUT2D eigenvalue weighted by Gasteiger charge is -2.19. The van der Waals surface area contributed by atoms with Crippen molar-refractivity contribution in [1.29, 1.82) is 0 Å². The first-order valence-electron chi connectivity index (χ1n) is 10.5. The summed E-state index contributed by atoms with van der Waals surface area (Å²) in [4.78, 5) is 25.5. The summed E-state index contributed by atoms with van der Waals surface area (Å²) >= 11 is 10.0. The molecule has 4 aromatic rings. The van der Waals surface area contributed by atoms with Crippen LogP contribution in [0.5, 0.6) is 0 Å². The van der Waals surface area contributed by atoms with E-state index in [2.05, 4.69) is 34.7 Å². The van der Waals surface area contributed by atoms with Gasteiger partial charge in [0.1, 0.15) is 27.8 Å². The lowest BCUT2D eigenvalue weighted by atomic mass is 10.0. The number of carbonyl (C=O) groups excluding carboxylic acids is 2. The quantitative estimate of drug-likeness (QED) is 0.274. The molecule has 0 aliphatic rings. The van der Waals surface area contributed by atoms with E-state index < -0.39 is 33.8 Å². The van der Waals surface area contributed by atoms with Crippen LogP contribution in [0.4, 0.5) is 10.1 Å². The van der Waals surface area contributed by atoms with Crippen molar-refractivity contribution in [3.63, 3.8) is 0 Å². The van der Waals surface area contributed by atoms with Crippen LogP contribution in [0.1, 0.15) is 15.9 Å². The van der Waals surface area contributed by atoms with Crippen molar-refractivity contribution in [3.05, 3.63) is 81.0 Å². The molecule has 1 amide bonds. The number of halogens is 3. The van der Waals surface area contributed by atoms with E-state index in [-0.39, 0.29) is 37.6 Å². The minimum Gasteiger partial charge on any atom is -0.467 e. The fourth-order valence-electron chi connectivity index (χ4n) is 3.47. The molecule has 1 heterocycles. The fourth-order valence-corrected chi connectivity index (χ4v) is 5.91. The Morgan fingerprint density at radius 2 is 1.95 bits per heavy atom. The molecule has 0 aliphatic carbocycles. The molecule has 1 aromatic heterocycles. The van der Waals surface area contributed by atoms with E-state index in [0.29, 0.717) is 11.1 Å². The molecule has 0 spiro atoms. The van der Waals surface area contributed by atoms with E-state index >= 15 is 0 Å². The fraction of sp³-hybridized carbons (Fsp3) is 0.130. The van der Waals surface area contributed by atoms with Crippen molar-refractivity contribution in [3.8, 4) is 0 Å². The molecule has 4 rings (SSSR count). The molecule has 3 aromatic carbocycles. The van der Waals surface area contributed by atoms with E-state index in [4.69, 9.17) is 16.3 Å². The highest BCUT2D eigenvalue weighted by atomic mass is 79.9. The topological polar surface area (TPSA) is 127 Å². The minimum absolute atomic E-state index is 0.00916. The summed E-state index contributed by atoms with van der Waals surface area (Å²) < 4.78 is 55.5. The average Bonchev–Trinajstić information content (AvgIpc) is 3.34. The van der Waals surface area contributed by atoms with Crippen LogP contribution in [0, 0.1) is 5.82 Å². The van der Waals surface area contributed by atoms with Gasteiger partial charge < -0.3 is 10.1 Å². The number of benzene rings is 3. The largest absolute Gasteiger partial charge is 0.467 e. The molecular formula is C23H17BrClFN4O5S2. The van der Waals surface area contributed by atoms with Crippen LogP contribution in [0.25, 0.3) is 11.0 Å². The van der Waals surface area contributed by atoms with Crippen LogP contribution >= 0.6 is 39.3 Å². The number of amides is 1. The van der Waals surface area contributed by atoms with Crippen LogP contribution in [0.2, 0.25) is 5.02 Å². The maximum atomic E-state index is 13.6. The smallest absolute Gasteiger partial charge is 0.328 e. The summed E-state index contributed by atoms with van der Waals surface area (Å²) in [6.07, 6.45) is -0.00916. The van der Waals surface area contributed by atoms with Crippen molar-refractivity contribution in [2.75, 3.05) is 11.8 Å². The number of fused-ring (bicyclic) bond motifs is 1. The van der Waals surface area contributed by atoms with Crippen molar-refractivity contribution >= 4 is 77.9 Å². The number of anilines is 1. The second kappa shape index (κ2) is 11.1. The Hall–Kier alpha value is -3.13. The maximum absolute atomic E-state index is 13.6. The van der Waals surface area contributed by atoms with E-state index in [9.17, 15) is 22.4 Å². The van der Waals surface area contributed by atoms with Gasteiger partial charge in [-0.2, -0.15) is 8.75 Å². The van der Waals surface area contributed by atoms with Gasteiger partial charge in [0.25, 0.3) is 15.9 Å². The molecule has 0 bridgehead atoms. The molecule has 37 heavy (non-hydrogen) atoms. The summed E-state index contributed by atoms with van der Waals surface area (Å²) in [7, 11) is -3.04. The molecule has 2 N–H and O–H groups in total. The van der Waals surface area contributed by atoms with E-state index in [1.807, 2.05) is 0 Å². The van der Waals surface area contributed by atoms with Gasteiger partial charge in [0, 0.05) is 11.4 Å². The SMILES string of the molecule is COC(=O)[C@H](Cc1ccc(F)c(Br)c1)NC(=O)c1ccc(Cl)cc1NS(=O)(=O)c1cccc2nsnc12. The first kappa shape index (κ1) is 26.9. The summed E-state index contributed by atoms with van der Waals surface area (Å²) in [6.45, 7) is 0. The first-order chi connectivity index (χ1) is 17.6. The van der Waals surface area contributed by atoms with Gasteiger partial charge in [0.15, 0.2) is 0 Å². The van der Waals surface area contributed by atoms with Gasteiger partial charge in [-0.15, -0.1) is 0 Å². The molecule has 0 saturated carbocycles. The number of sulfonamides is 1. The number of hydrogen-bond donors (Lipinski definition) is 2. The summed E-state index contributed by atoms with van der Waals surface area (Å²) in [5, 5.41) is 2.73. The third kappa shape index (κ3) is 6.06. The standard InChI is InChI=1S/C23H17BrClFN4O5S2/c1-35-23(32)19(10-12-5-8-16(26)15(24)9-12)27-22(31)14-7-6-13(25)11-18(14)30-37(33,34)20-4-2-3-17-21(20)29-36-28-17/h2-9,11,19,30H,10H2,1H3,(H,27,31)/t19-/m0/s1. The van der Waals surface area contributed by atoms with Crippen LogP contribution < -0.4 is 10.0 Å². The zero-order valence-electron chi connectivity index (χ0n) is 18.9. The Bertz CT molecular complexity index is 1620. The Morgan fingerprint density at radius 1 is 1.16 bits per heavy atom. The number of ether oxygens (including phenoxy) is 1. The number of aromatic nitrogens is 2. The van der Waals surface area contributed by atoms with Crippen LogP contribution in [-0.2, 0) is 26.0 Å². The van der Waals surface area contributed by atoms with Crippen molar-refractivity contribution in [2.45, 2.75) is 17.4 Å². The predicted octanol–water partition coefficient (Wildman–Crippen LogP) is 4.56. The molecule has 1 atom stereocenters. The minimum atomic E-state index is -4.21. The van der Waals surface area contributed by atoms with Gasteiger partial charge in [-0.1, -0.05) is 23.7 Å². The van der Waals surface area contributed by atoms with Gasteiger partial charge in [-0.05, 0) is 64.0 Å². The predicted molar refractivity (Wildman–Crippen MR) is 141 cm³/mol. The van der Waals surface area contributed by atoms with Crippen molar-refractivity contribution < 1.29 is 27.1 Å². The van der Waals surface area contributed by atoms with Crippen molar-refractivity contribution in [2.24, 2.45) is 0 Å². The zero-order chi connectivity index (χ0) is 26.7. The van der Waals surface area contributed by atoms with Gasteiger partial charge in [0.05, 0.1) is 34.6 Å². The van der Waals surface area contributed by atoms with Crippen LogP contribution in [0.3, 0.4) is 0 Å². The maximum Gasteiger partial charge on any atom is 0.328 e. The Labute approximate surface area is 228 Å². The molecule has 14 heteroatoms. The Balaban J connectivity index is 1.63. The molecule has 9 nitrogen and oxygen atoms in total. The van der Waals surface area contributed by atoms with Gasteiger partial charge in [-0.3, -0.25) is 9.52 Å². The molecule has 192 valence electrons. The molecule has 0 fully saturated rings. The number of nitrogens with one attached hydrogen (secondary N) is 2. The zero-order valence-corrected chi connectivity index (χ0v) is 22.8. The monoisotopic (exact) mass is 626 g/mol. The number of methoxy groups -OCH3 is 1. The average molecular weight is 628 g/mol. The summed E-state index contributed by atoms with van der Waals surface area (Å²) in [6, 6.07) is 11.5. The second-order valence-corrected chi connectivity index (χ2v) is 11.2. The third-order valence-electron chi connectivity index (χ3n) is 5.22. The number of esters is 1. The third-order valence-corrected chi connectivity index (χ3v) is 8.01. The van der Waals surface area contributed by atoms with E-state index in [1.54, 1.807) is 6.07 Å². The van der Waals surface area contributed by atoms with E-state index in [1.165, 1.54) is 48.5 Å². The molecule has 0 radical (unpaired) electrons. The Kier molecular flexibility index (Phi) is 8.07. The van der Waals surface area contributed by atoms with Gasteiger partial charge in [0.2, 0.25) is 0 Å². The number of hydrogen-bond acceptors (Lipinski definition) is 8. The lowest BCUT2D eigenvalue weighted by molar-refractivity contribution is -0.142. The van der Waals surface area contributed by atoms with E-state index in [0.717, 1.165) is 18.8 Å². The van der Waals surface area contributed by atoms with Crippen molar-refractivity contribution in [1.82, 2.24) is 14.1 Å². The molecule has 0 aliphatic heterocycles. The van der Waals surface area contributed by atoms with Crippen LogP contribution in [-0.4, -0.2) is 42.2 Å². The summed E-state index contributed by atoms with van der Waals surface area (Å²) in [5.74, 6) is -1.99. The molecule has 0 unspecified atom stereocenters. The number of carbonyl (C=O) groups is 2. The van der Waals surface area contributed by atoms with Gasteiger partial charge >= 0.3 is 5.97 Å². The van der Waals surface area contributed by atoms with Crippen LogP contribution in [0.15, 0.2) is 64.0 Å². The lowest BCUT2D eigenvalue weighted by Crippen LogP contribution is -2.43.